The lowest BCUT2D eigenvalue weighted by atomic mass is 10.0. The van der Waals surface area contributed by atoms with E-state index in [-0.39, 0.29) is 11.9 Å². The average molecular weight is 313 g/mol. The zero-order valence-electron chi connectivity index (χ0n) is 12.5. The Morgan fingerprint density at radius 2 is 1.82 bits per heavy atom. The second-order valence-electron chi connectivity index (χ2n) is 5.41. The molecule has 0 saturated heterocycles. The van der Waals surface area contributed by atoms with Crippen LogP contribution in [0, 0.1) is 6.92 Å². The fourth-order valence-electron chi connectivity index (χ4n) is 2.68. The fourth-order valence-corrected chi connectivity index (χ4v) is 2.98. The first-order valence-electron chi connectivity index (χ1n) is 7.20. The molecule has 4 heteroatoms. The van der Waals surface area contributed by atoms with Crippen molar-refractivity contribution in [3.05, 3.63) is 70.4 Å². The number of H-pyrrole nitrogens is 1. The highest BCUT2D eigenvalue weighted by Crippen LogP contribution is 2.27. The third-order valence-electron chi connectivity index (χ3n) is 3.87. The second-order valence-corrected chi connectivity index (χ2v) is 5.79. The fraction of sp³-hybridized carbons (Fsp3) is 0.167. The molecule has 0 saturated carbocycles. The van der Waals surface area contributed by atoms with Gasteiger partial charge in [0.05, 0.1) is 11.1 Å². The Labute approximate surface area is 134 Å². The van der Waals surface area contributed by atoms with Crippen LogP contribution in [0.3, 0.4) is 0 Å². The zero-order valence-corrected chi connectivity index (χ0v) is 13.2. The molecule has 3 aromatic rings. The number of hydrogen-bond donors (Lipinski definition) is 2. The number of aryl methyl sites for hydroxylation is 1. The molecule has 1 atom stereocenters. The number of benzene rings is 2. The summed E-state index contributed by atoms with van der Waals surface area (Å²) >= 11 is 6.32. The average Bonchev–Trinajstić information content (AvgIpc) is 2.85. The van der Waals surface area contributed by atoms with Crippen LogP contribution >= 0.6 is 11.6 Å². The van der Waals surface area contributed by atoms with Crippen molar-refractivity contribution in [1.29, 1.82) is 0 Å². The van der Waals surface area contributed by atoms with Gasteiger partial charge in [0.2, 0.25) is 0 Å². The number of hydrogen-bond acceptors (Lipinski definition) is 1. The molecule has 1 heterocycles. The van der Waals surface area contributed by atoms with Gasteiger partial charge in [-0.25, -0.2) is 0 Å². The van der Waals surface area contributed by atoms with Gasteiger partial charge in [-0.1, -0.05) is 54.1 Å². The summed E-state index contributed by atoms with van der Waals surface area (Å²) < 4.78 is 0. The van der Waals surface area contributed by atoms with Crippen molar-refractivity contribution in [1.82, 2.24) is 10.3 Å². The Kier molecular flexibility index (Phi) is 3.90. The minimum Gasteiger partial charge on any atom is -0.349 e. The van der Waals surface area contributed by atoms with Crippen LogP contribution in [0.2, 0.25) is 5.02 Å². The molecule has 0 bridgehead atoms. The Morgan fingerprint density at radius 3 is 2.55 bits per heavy atom. The van der Waals surface area contributed by atoms with E-state index in [0.29, 0.717) is 10.7 Å². The van der Waals surface area contributed by atoms with E-state index >= 15 is 0 Å². The molecule has 0 aliphatic heterocycles. The Hall–Kier alpha value is -2.26. The molecule has 1 aromatic heterocycles. The number of carbonyl (C=O) groups excluding carboxylic acids is 1. The monoisotopic (exact) mass is 312 g/mol. The molecular formula is C18H17ClN2O. The van der Waals surface area contributed by atoms with E-state index in [0.717, 1.165) is 22.0 Å². The number of nitrogens with one attached hydrogen (secondary N) is 2. The van der Waals surface area contributed by atoms with Gasteiger partial charge < -0.3 is 10.3 Å². The molecule has 2 N–H and O–H groups in total. The smallest absolute Gasteiger partial charge is 0.269 e. The molecule has 0 spiro atoms. The highest BCUT2D eigenvalue weighted by Gasteiger charge is 2.18. The third kappa shape index (κ3) is 2.60. The molecule has 0 fully saturated rings. The molecule has 0 unspecified atom stereocenters. The summed E-state index contributed by atoms with van der Waals surface area (Å²) in [7, 11) is 0. The standard InChI is InChI=1S/C18H17ClN2O/c1-11-7-3-4-8-13(11)12(2)20-18(22)17-16(19)14-9-5-6-10-15(14)21-17/h3-10,12,21H,1-2H3,(H,20,22)/t12-/m0/s1. The molecule has 1 amide bonds. The van der Waals surface area contributed by atoms with Gasteiger partial charge in [0.1, 0.15) is 5.69 Å². The number of aromatic amines is 1. The van der Waals surface area contributed by atoms with E-state index in [2.05, 4.69) is 10.3 Å². The topological polar surface area (TPSA) is 44.9 Å². The van der Waals surface area contributed by atoms with Gasteiger partial charge in [0.15, 0.2) is 0 Å². The number of amides is 1. The molecule has 2 aromatic carbocycles. The summed E-state index contributed by atoms with van der Waals surface area (Å²) in [5.74, 6) is -0.197. The quantitative estimate of drug-likeness (QED) is 0.728. The molecule has 0 aliphatic rings. The van der Waals surface area contributed by atoms with Crippen molar-refractivity contribution in [2.45, 2.75) is 19.9 Å². The minimum absolute atomic E-state index is 0.0869. The summed E-state index contributed by atoms with van der Waals surface area (Å²) in [6.07, 6.45) is 0. The molecule has 112 valence electrons. The first-order valence-corrected chi connectivity index (χ1v) is 7.58. The number of carbonyl (C=O) groups is 1. The van der Waals surface area contributed by atoms with E-state index in [4.69, 9.17) is 11.6 Å². The normalized spacial score (nSPS) is 12.3. The SMILES string of the molecule is Cc1ccccc1[C@H](C)NC(=O)c1[nH]c2ccccc2c1Cl. The van der Waals surface area contributed by atoms with Crippen molar-refractivity contribution in [2.75, 3.05) is 0 Å². The van der Waals surface area contributed by atoms with Crippen LogP contribution in [0.15, 0.2) is 48.5 Å². The lowest BCUT2D eigenvalue weighted by Gasteiger charge is -2.16. The summed E-state index contributed by atoms with van der Waals surface area (Å²) in [5, 5.41) is 4.32. The van der Waals surface area contributed by atoms with E-state index in [9.17, 15) is 4.79 Å². The lowest BCUT2D eigenvalue weighted by molar-refractivity contribution is 0.0936. The van der Waals surface area contributed by atoms with Crippen LogP contribution < -0.4 is 5.32 Å². The van der Waals surface area contributed by atoms with Gasteiger partial charge in [0.25, 0.3) is 5.91 Å². The summed E-state index contributed by atoms with van der Waals surface area (Å²) in [5.41, 5.74) is 3.52. The predicted molar refractivity (Wildman–Crippen MR) is 90.4 cm³/mol. The van der Waals surface area contributed by atoms with Crippen LogP contribution in [0.5, 0.6) is 0 Å². The van der Waals surface area contributed by atoms with Gasteiger partial charge >= 0.3 is 0 Å². The van der Waals surface area contributed by atoms with E-state index < -0.39 is 0 Å². The number of para-hydroxylation sites is 1. The largest absolute Gasteiger partial charge is 0.349 e. The van der Waals surface area contributed by atoms with Gasteiger partial charge in [-0.15, -0.1) is 0 Å². The Morgan fingerprint density at radius 1 is 1.14 bits per heavy atom. The van der Waals surface area contributed by atoms with Crippen LogP contribution in [-0.2, 0) is 0 Å². The van der Waals surface area contributed by atoms with Crippen LogP contribution in [0.1, 0.15) is 34.6 Å². The Balaban J connectivity index is 1.87. The lowest BCUT2D eigenvalue weighted by Crippen LogP contribution is -2.27. The van der Waals surface area contributed by atoms with Gasteiger partial charge in [-0.2, -0.15) is 0 Å². The summed E-state index contributed by atoms with van der Waals surface area (Å²) in [4.78, 5) is 15.6. The first-order chi connectivity index (χ1) is 10.6. The number of fused-ring (bicyclic) bond motifs is 1. The highest BCUT2D eigenvalue weighted by atomic mass is 35.5. The maximum absolute atomic E-state index is 12.5. The van der Waals surface area contributed by atoms with Crippen molar-refractivity contribution in [3.8, 4) is 0 Å². The van der Waals surface area contributed by atoms with Crippen LogP contribution in [0.25, 0.3) is 10.9 Å². The van der Waals surface area contributed by atoms with Crippen LogP contribution in [0.4, 0.5) is 0 Å². The molecule has 3 nitrogen and oxygen atoms in total. The highest BCUT2D eigenvalue weighted by molar-refractivity contribution is 6.38. The van der Waals surface area contributed by atoms with E-state index in [1.807, 2.05) is 62.4 Å². The maximum Gasteiger partial charge on any atom is 0.269 e. The van der Waals surface area contributed by atoms with Crippen molar-refractivity contribution in [3.63, 3.8) is 0 Å². The summed E-state index contributed by atoms with van der Waals surface area (Å²) in [6.45, 7) is 4.00. The van der Waals surface area contributed by atoms with Gasteiger partial charge in [0, 0.05) is 10.9 Å². The number of halogens is 1. The zero-order chi connectivity index (χ0) is 15.7. The van der Waals surface area contributed by atoms with E-state index in [1.54, 1.807) is 0 Å². The molecule has 22 heavy (non-hydrogen) atoms. The second kappa shape index (κ2) is 5.85. The van der Waals surface area contributed by atoms with Crippen molar-refractivity contribution >= 4 is 28.4 Å². The van der Waals surface area contributed by atoms with E-state index in [1.165, 1.54) is 0 Å². The molecule has 3 rings (SSSR count). The minimum atomic E-state index is -0.197. The number of aromatic nitrogens is 1. The van der Waals surface area contributed by atoms with Crippen molar-refractivity contribution < 1.29 is 4.79 Å². The van der Waals surface area contributed by atoms with Crippen LogP contribution in [-0.4, -0.2) is 10.9 Å². The summed E-state index contributed by atoms with van der Waals surface area (Å²) in [6, 6.07) is 15.5. The maximum atomic E-state index is 12.5. The first kappa shape index (κ1) is 14.7. The molecular weight excluding hydrogens is 296 g/mol. The molecule has 0 aliphatic carbocycles. The van der Waals surface area contributed by atoms with Crippen molar-refractivity contribution in [2.24, 2.45) is 0 Å². The predicted octanol–water partition coefficient (Wildman–Crippen LogP) is 4.62. The Bertz CT molecular complexity index is 838. The van der Waals surface area contributed by atoms with Gasteiger partial charge in [-0.3, -0.25) is 4.79 Å². The molecule has 0 radical (unpaired) electrons. The van der Waals surface area contributed by atoms with Gasteiger partial charge in [-0.05, 0) is 31.0 Å². The number of rotatable bonds is 3. The third-order valence-corrected chi connectivity index (χ3v) is 4.26.